The van der Waals surface area contributed by atoms with Gasteiger partial charge in [-0.05, 0) is 39.3 Å². The van der Waals surface area contributed by atoms with E-state index in [1.807, 2.05) is 6.07 Å². The Labute approximate surface area is 178 Å². The topological polar surface area (TPSA) is 152 Å². The number of aromatic nitrogens is 1. The summed E-state index contributed by atoms with van der Waals surface area (Å²) in [5.74, 6) is -0.274. The lowest BCUT2D eigenvalue weighted by Crippen LogP contribution is -2.29. The van der Waals surface area contributed by atoms with Crippen molar-refractivity contribution in [2.75, 3.05) is 7.11 Å². The van der Waals surface area contributed by atoms with Crippen LogP contribution in [0.1, 0.15) is 44.5 Å². The minimum atomic E-state index is -0.843. The van der Waals surface area contributed by atoms with Gasteiger partial charge in [-0.1, -0.05) is 6.92 Å². The molecule has 2 aromatic rings. The second-order valence-electron chi connectivity index (χ2n) is 6.82. The molecule has 0 aliphatic heterocycles. The molecule has 1 atom stereocenters. The van der Waals surface area contributed by atoms with Gasteiger partial charge in [-0.25, -0.2) is 4.57 Å². The zero-order valence-corrected chi connectivity index (χ0v) is 17.8. The lowest BCUT2D eigenvalue weighted by molar-refractivity contribution is -0.384. The summed E-state index contributed by atoms with van der Waals surface area (Å²) in [5.41, 5.74) is -1.50. The van der Waals surface area contributed by atoms with Crippen LogP contribution in [0.5, 0.6) is 11.6 Å². The Balaban J connectivity index is 2.70. The summed E-state index contributed by atoms with van der Waals surface area (Å²) in [4.78, 5) is 23.8. The molecule has 11 heteroatoms. The van der Waals surface area contributed by atoms with Gasteiger partial charge in [0.2, 0.25) is 5.88 Å². The summed E-state index contributed by atoms with van der Waals surface area (Å²) in [6, 6.07) is 5.83. The van der Waals surface area contributed by atoms with Crippen LogP contribution in [-0.2, 0) is 4.74 Å². The average molecular weight is 429 g/mol. The number of pyridine rings is 1. The van der Waals surface area contributed by atoms with E-state index in [1.165, 1.54) is 32.2 Å². The number of aromatic hydroxyl groups is 1. The molecule has 0 saturated heterocycles. The lowest BCUT2D eigenvalue weighted by atomic mass is 10.1. The van der Waals surface area contributed by atoms with E-state index < -0.39 is 22.6 Å². The standard InChI is InChI=1S/C20H23N5O6/c1-6-17(31-11(2)3)24-19(26)14(10-21)12(4)18(20(24)27)23-22-15-8-7-13(30-5)9-16(15)25(28)29/h7-9,11,17,26H,6H2,1-5H3. The van der Waals surface area contributed by atoms with Gasteiger partial charge in [0, 0.05) is 5.56 Å². The number of azo groups is 1. The van der Waals surface area contributed by atoms with Crippen LogP contribution in [0.4, 0.5) is 17.1 Å². The normalized spacial score (nSPS) is 12.2. The van der Waals surface area contributed by atoms with E-state index in [0.717, 1.165) is 4.57 Å². The predicted molar refractivity (Wildman–Crippen MR) is 111 cm³/mol. The van der Waals surface area contributed by atoms with Crippen LogP contribution >= 0.6 is 0 Å². The molecule has 31 heavy (non-hydrogen) atoms. The maximum atomic E-state index is 13.1. The number of hydrogen-bond donors (Lipinski definition) is 1. The van der Waals surface area contributed by atoms with Crippen molar-refractivity contribution in [1.82, 2.24) is 4.57 Å². The van der Waals surface area contributed by atoms with Crippen molar-refractivity contribution >= 4 is 17.1 Å². The van der Waals surface area contributed by atoms with E-state index in [1.54, 1.807) is 20.8 Å². The zero-order chi connectivity index (χ0) is 23.3. The highest BCUT2D eigenvalue weighted by atomic mass is 16.6. The number of rotatable bonds is 8. The first-order chi connectivity index (χ1) is 14.7. The molecule has 0 bridgehead atoms. The highest BCUT2D eigenvalue weighted by molar-refractivity contribution is 5.61. The summed E-state index contributed by atoms with van der Waals surface area (Å²) in [6.45, 7) is 6.74. The van der Waals surface area contributed by atoms with Crippen LogP contribution in [0.2, 0.25) is 0 Å². The fourth-order valence-electron chi connectivity index (χ4n) is 2.91. The van der Waals surface area contributed by atoms with Crippen LogP contribution in [0, 0.1) is 28.4 Å². The molecule has 1 aromatic carbocycles. The number of hydrogen-bond acceptors (Lipinski definition) is 9. The van der Waals surface area contributed by atoms with Crippen LogP contribution in [0.3, 0.4) is 0 Å². The van der Waals surface area contributed by atoms with Crippen LogP contribution in [0.25, 0.3) is 0 Å². The number of nitro benzene ring substituents is 1. The quantitative estimate of drug-likeness (QED) is 0.371. The minimum Gasteiger partial charge on any atom is -0.496 e. The molecule has 1 aromatic heterocycles. The predicted octanol–water partition coefficient (Wildman–Crippen LogP) is 4.40. The van der Waals surface area contributed by atoms with Crippen molar-refractivity contribution in [1.29, 1.82) is 5.26 Å². The van der Waals surface area contributed by atoms with Gasteiger partial charge in [0.1, 0.15) is 23.6 Å². The lowest BCUT2D eigenvalue weighted by Gasteiger charge is -2.23. The summed E-state index contributed by atoms with van der Waals surface area (Å²) >= 11 is 0. The molecule has 0 saturated carbocycles. The Morgan fingerprint density at radius 2 is 2.03 bits per heavy atom. The highest BCUT2D eigenvalue weighted by Gasteiger charge is 2.25. The second kappa shape index (κ2) is 9.82. The third kappa shape index (κ3) is 4.87. The molecule has 2 rings (SSSR count). The monoisotopic (exact) mass is 429 g/mol. The Morgan fingerprint density at radius 1 is 1.35 bits per heavy atom. The molecule has 0 amide bonds. The molecule has 11 nitrogen and oxygen atoms in total. The van der Waals surface area contributed by atoms with Crippen molar-refractivity contribution < 1.29 is 19.5 Å². The minimum absolute atomic E-state index is 0.0977. The molecule has 0 radical (unpaired) electrons. The van der Waals surface area contributed by atoms with E-state index >= 15 is 0 Å². The molecule has 0 spiro atoms. The molecule has 0 aliphatic rings. The zero-order valence-electron chi connectivity index (χ0n) is 17.8. The smallest absolute Gasteiger partial charge is 0.300 e. The van der Waals surface area contributed by atoms with Crippen LogP contribution in [-0.4, -0.2) is 27.8 Å². The first-order valence-electron chi connectivity index (χ1n) is 9.43. The number of benzene rings is 1. The van der Waals surface area contributed by atoms with Crippen molar-refractivity contribution in [2.45, 2.75) is 46.4 Å². The van der Waals surface area contributed by atoms with Gasteiger partial charge in [-0.3, -0.25) is 14.9 Å². The number of ether oxygens (including phenoxy) is 2. The maximum absolute atomic E-state index is 13.1. The van der Waals surface area contributed by atoms with E-state index in [9.17, 15) is 25.3 Å². The first-order valence-corrected chi connectivity index (χ1v) is 9.43. The molecular weight excluding hydrogens is 406 g/mol. The molecule has 1 heterocycles. The van der Waals surface area contributed by atoms with Gasteiger partial charge in [-0.2, -0.15) is 5.26 Å². The van der Waals surface area contributed by atoms with Gasteiger partial charge in [0.05, 0.1) is 24.2 Å². The summed E-state index contributed by atoms with van der Waals surface area (Å²) < 4.78 is 11.6. The van der Waals surface area contributed by atoms with E-state index in [0.29, 0.717) is 6.42 Å². The number of nitriles is 1. The van der Waals surface area contributed by atoms with Gasteiger partial charge in [0.15, 0.2) is 11.4 Å². The molecule has 1 unspecified atom stereocenters. The molecule has 0 fully saturated rings. The largest absolute Gasteiger partial charge is 0.496 e. The fraction of sp³-hybridized carbons (Fsp3) is 0.400. The van der Waals surface area contributed by atoms with Gasteiger partial charge in [-0.15, -0.1) is 10.2 Å². The van der Waals surface area contributed by atoms with Crippen LogP contribution < -0.4 is 10.3 Å². The Kier molecular flexibility index (Phi) is 7.44. The third-order valence-electron chi connectivity index (χ3n) is 4.42. The molecule has 0 aliphatic carbocycles. The Morgan fingerprint density at radius 3 is 2.55 bits per heavy atom. The van der Waals surface area contributed by atoms with E-state index in [2.05, 4.69) is 10.2 Å². The fourth-order valence-corrected chi connectivity index (χ4v) is 2.91. The SMILES string of the molecule is CCC(OC(C)C)n1c(O)c(C#N)c(C)c(N=Nc2ccc(OC)cc2[N+](=O)[O-])c1=O. The van der Waals surface area contributed by atoms with Gasteiger partial charge < -0.3 is 14.6 Å². The average Bonchev–Trinajstić information content (AvgIpc) is 2.72. The summed E-state index contributed by atoms with van der Waals surface area (Å²) in [7, 11) is 1.37. The molecule has 1 N–H and O–H groups in total. The van der Waals surface area contributed by atoms with Gasteiger partial charge in [0.25, 0.3) is 11.2 Å². The van der Waals surface area contributed by atoms with Crippen molar-refractivity contribution in [2.24, 2.45) is 10.2 Å². The second-order valence-corrected chi connectivity index (χ2v) is 6.82. The number of methoxy groups -OCH3 is 1. The van der Waals surface area contributed by atoms with E-state index in [4.69, 9.17) is 9.47 Å². The first kappa shape index (κ1) is 23.5. The summed E-state index contributed by atoms with van der Waals surface area (Å²) in [5, 5.41) is 39.2. The highest BCUT2D eigenvalue weighted by Crippen LogP contribution is 2.34. The van der Waals surface area contributed by atoms with Crippen molar-refractivity contribution in [3.05, 3.63) is 49.8 Å². The maximum Gasteiger partial charge on any atom is 0.300 e. The number of nitrogens with zero attached hydrogens (tertiary/aromatic N) is 5. The Bertz CT molecular complexity index is 1120. The van der Waals surface area contributed by atoms with Crippen LogP contribution in [0.15, 0.2) is 33.2 Å². The van der Waals surface area contributed by atoms with Crippen molar-refractivity contribution in [3.8, 4) is 17.7 Å². The van der Waals surface area contributed by atoms with Crippen molar-refractivity contribution in [3.63, 3.8) is 0 Å². The summed E-state index contributed by atoms with van der Waals surface area (Å²) in [6.07, 6.45) is -0.764. The molecular formula is C20H23N5O6. The van der Waals surface area contributed by atoms with E-state index in [-0.39, 0.29) is 40.0 Å². The third-order valence-corrected chi connectivity index (χ3v) is 4.42. The Hall–Kier alpha value is -3.78. The molecule has 164 valence electrons. The number of nitro groups is 1. The van der Waals surface area contributed by atoms with Gasteiger partial charge >= 0.3 is 0 Å².